The number of alkyl halides is 3. The maximum atomic E-state index is 12.2. The maximum Gasteiger partial charge on any atom is 0.471 e. The third-order valence-corrected chi connectivity index (χ3v) is 1.99. The molecule has 1 amide bonds. The molecule has 1 aromatic rings. The minimum atomic E-state index is -5.07. The van der Waals surface area contributed by atoms with Crippen molar-refractivity contribution < 1.29 is 22.9 Å². The molecule has 0 aliphatic heterocycles. The van der Waals surface area contributed by atoms with Gasteiger partial charge in [-0.25, -0.2) is 0 Å². The van der Waals surface area contributed by atoms with Gasteiger partial charge in [-0.05, 0) is 6.07 Å². The van der Waals surface area contributed by atoms with E-state index in [1.165, 1.54) is 12.1 Å². The number of rotatable bonds is 2. The van der Waals surface area contributed by atoms with E-state index in [1.807, 2.05) is 0 Å². The molecule has 8 heteroatoms. The van der Waals surface area contributed by atoms with Gasteiger partial charge in [0.2, 0.25) is 0 Å². The van der Waals surface area contributed by atoms with Crippen LogP contribution in [-0.4, -0.2) is 24.1 Å². The lowest BCUT2D eigenvalue weighted by Crippen LogP contribution is -2.38. The van der Waals surface area contributed by atoms with Crippen LogP contribution in [0.2, 0.25) is 0 Å². The van der Waals surface area contributed by atoms with E-state index in [2.05, 4.69) is 0 Å². The zero-order valence-corrected chi connectivity index (χ0v) is 8.56. The predicted molar refractivity (Wildman–Crippen MR) is 52.6 cm³/mol. The third-order valence-electron chi connectivity index (χ3n) is 1.99. The molecule has 0 unspecified atom stereocenters. The highest BCUT2D eigenvalue weighted by Crippen LogP contribution is 2.29. The number of nitro benzene ring substituents is 1. The van der Waals surface area contributed by atoms with Crippen molar-refractivity contribution in [3.63, 3.8) is 0 Å². The molecule has 17 heavy (non-hydrogen) atoms. The largest absolute Gasteiger partial charge is 0.471 e. The maximum absolute atomic E-state index is 12.2. The van der Waals surface area contributed by atoms with E-state index in [9.17, 15) is 28.1 Å². The molecular formula is C9H7F3N2O3. The Morgan fingerprint density at radius 2 is 1.88 bits per heavy atom. The fourth-order valence-corrected chi connectivity index (χ4v) is 1.20. The summed E-state index contributed by atoms with van der Waals surface area (Å²) in [5, 5.41) is 10.6. The highest BCUT2D eigenvalue weighted by Gasteiger charge is 2.42. The molecule has 0 radical (unpaired) electrons. The highest BCUT2D eigenvalue weighted by atomic mass is 19.4. The number of hydrogen-bond donors (Lipinski definition) is 0. The summed E-state index contributed by atoms with van der Waals surface area (Å²) < 4.78 is 36.5. The van der Waals surface area contributed by atoms with Gasteiger partial charge in [-0.1, -0.05) is 12.1 Å². The molecule has 0 N–H and O–H groups in total. The van der Waals surface area contributed by atoms with E-state index in [0.29, 0.717) is 0 Å². The fraction of sp³-hybridized carbons (Fsp3) is 0.222. The standard InChI is InChI=1S/C9H7F3N2O3/c1-13(8(15)9(10,11)12)6-4-2-3-5-7(6)14(16)17/h2-5H,1H3. The number of benzene rings is 1. The van der Waals surface area contributed by atoms with Gasteiger partial charge in [-0.15, -0.1) is 0 Å². The number of nitro groups is 1. The van der Waals surface area contributed by atoms with E-state index in [0.717, 1.165) is 19.2 Å². The van der Waals surface area contributed by atoms with Crippen LogP contribution in [0.1, 0.15) is 0 Å². The molecule has 0 bridgehead atoms. The Bertz CT molecular complexity index is 459. The van der Waals surface area contributed by atoms with E-state index in [1.54, 1.807) is 0 Å². The van der Waals surface area contributed by atoms with E-state index in [-0.39, 0.29) is 4.90 Å². The van der Waals surface area contributed by atoms with Crippen LogP contribution in [0.25, 0.3) is 0 Å². The molecule has 0 aromatic heterocycles. The monoisotopic (exact) mass is 248 g/mol. The SMILES string of the molecule is CN(C(=O)C(F)(F)F)c1ccccc1[N+](=O)[O-]. The lowest BCUT2D eigenvalue weighted by atomic mass is 10.2. The van der Waals surface area contributed by atoms with Gasteiger partial charge < -0.3 is 4.90 Å². The molecule has 1 rings (SSSR count). The van der Waals surface area contributed by atoms with Gasteiger partial charge in [0, 0.05) is 13.1 Å². The molecule has 5 nitrogen and oxygen atoms in total. The minimum absolute atomic E-state index is 0.206. The normalized spacial score (nSPS) is 11.1. The topological polar surface area (TPSA) is 63.5 Å². The zero-order chi connectivity index (χ0) is 13.2. The van der Waals surface area contributed by atoms with Crippen LogP contribution in [0, 0.1) is 10.1 Å². The summed E-state index contributed by atoms with van der Waals surface area (Å²) in [7, 11) is 0.832. The van der Waals surface area contributed by atoms with Crippen molar-refractivity contribution >= 4 is 17.3 Å². The molecule has 1 aromatic carbocycles. The van der Waals surface area contributed by atoms with Crippen molar-refractivity contribution in [1.29, 1.82) is 0 Å². The first kappa shape index (κ1) is 12.9. The first-order valence-electron chi connectivity index (χ1n) is 4.33. The van der Waals surface area contributed by atoms with Crippen LogP contribution < -0.4 is 4.90 Å². The van der Waals surface area contributed by atoms with Gasteiger partial charge >= 0.3 is 12.1 Å². The van der Waals surface area contributed by atoms with E-state index < -0.39 is 28.4 Å². The number of anilines is 1. The molecule has 0 aliphatic rings. The molecule has 0 saturated carbocycles. The van der Waals surface area contributed by atoms with Crippen LogP contribution in [-0.2, 0) is 4.79 Å². The number of carbonyl (C=O) groups excluding carboxylic acids is 1. The average Bonchev–Trinajstić information content (AvgIpc) is 2.25. The average molecular weight is 248 g/mol. The second-order valence-corrected chi connectivity index (χ2v) is 3.11. The third kappa shape index (κ3) is 2.71. The molecule has 0 fully saturated rings. The molecule has 0 saturated heterocycles. The number of amides is 1. The molecule has 92 valence electrons. The van der Waals surface area contributed by atoms with E-state index in [4.69, 9.17) is 0 Å². The van der Waals surface area contributed by atoms with Gasteiger partial charge in [0.1, 0.15) is 5.69 Å². The fourth-order valence-electron chi connectivity index (χ4n) is 1.20. The quantitative estimate of drug-likeness (QED) is 0.594. The lowest BCUT2D eigenvalue weighted by molar-refractivity contribution is -0.384. The van der Waals surface area contributed by atoms with Crippen molar-refractivity contribution in [3.8, 4) is 0 Å². The Labute approximate surface area is 93.6 Å². The van der Waals surface area contributed by atoms with Crippen LogP contribution in [0.15, 0.2) is 24.3 Å². The van der Waals surface area contributed by atoms with Crippen molar-refractivity contribution in [2.45, 2.75) is 6.18 Å². The van der Waals surface area contributed by atoms with Crippen molar-refractivity contribution in [3.05, 3.63) is 34.4 Å². The lowest BCUT2D eigenvalue weighted by Gasteiger charge is -2.18. The number of nitrogens with zero attached hydrogens (tertiary/aromatic N) is 2. The second-order valence-electron chi connectivity index (χ2n) is 3.11. The van der Waals surface area contributed by atoms with Crippen LogP contribution in [0.3, 0.4) is 0 Å². The van der Waals surface area contributed by atoms with Crippen molar-refractivity contribution in [2.75, 3.05) is 11.9 Å². The Balaban J connectivity index is 3.17. The first-order chi connectivity index (χ1) is 7.75. The predicted octanol–water partition coefficient (Wildman–Crippen LogP) is 2.12. The number of hydrogen-bond acceptors (Lipinski definition) is 3. The molecule has 0 heterocycles. The Morgan fingerprint density at radius 3 is 2.35 bits per heavy atom. The van der Waals surface area contributed by atoms with Crippen molar-refractivity contribution in [1.82, 2.24) is 0 Å². The molecule has 0 aliphatic carbocycles. The zero-order valence-electron chi connectivity index (χ0n) is 8.56. The Hall–Kier alpha value is -2.12. The smallest absolute Gasteiger partial charge is 0.302 e. The first-order valence-corrected chi connectivity index (χ1v) is 4.33. The van der Waals surface area contributed by atoms with Gasteiger partial charge in [0.25, 0.3) is 5.69 Å². The Kier molecular flexibility index (Phi) is 3.35. The summed E-state index contributed by atoms with van der Waals surface area (Å²) in [6.45, 7) is 0. The number of para-hydroxylation sites is 2. The summed E-state index contributed by atoms with van der Waals surface area (Å²) in [5.74, 6) is -2.16. The van der Waals surface area contributed by atoms with Gasteiger partial charge in [0.15, 0.2) is 0 Å². The van der Waals surface area contributed by atoms with Crippen molar-refractivity contribution in [2.24, 2.45) is 0 Å². The van der Waals surface area contributed by atoms with E-state index >= 15 is 0 Å². The highest BCUT2D eigenvalue weighted by molar-refractivity contribution is 5.98. The summed E-state index contributed by atoms with van der Waals surface area (Å²) in [4.78, 5) is 20.9. The number of carbonyl (C=O) groups is 1. The van der Waals surface area contributed by atoms with Gasteiger partial charge in [0.05, 0.1) is 4.92 Å². The van der Waals surface area contributed by atoms with Gasteiger partial charge in [-0.3, -0.25) is 14.9 Å². The number of halogens is 3. The van der Waals surface area contributed by atoms with Crippen LogP contribution >= 0.6 is 0 Å². The van der Waals surface area contributed by atoms with Crippen LogP contribution in [0.4, 0.5) is 24.5 Å². The summed E-state index contributed by atoms with van der Waals surface area (Å²) in [6.07, 6.45) is -5.07. The summed E-state index contributed by atoms with van der Waals surface area (Å²) >= 11 is 0. The van der Waals surface area contributed by atoms with Gasteiger partial charge in [-0.2, -0.15) is 13.2 Å². The summed E-state index contributed by atoms with van der Waals surface area (Å²) in [5.41, 5.74) is -0.965. The summed E-state index contributed by atoms with van der Waals surface area (Å²) in [6, 6.07) is 4.70. The molecule has 0 atom stereocenters. The second kappa shape index (κ2) is 4.40. The molecular weight excluding hydrogens is 241 g/mol. The van der Waals surface area contributed by atoms with Crippen LogP contribution in [0.5, 0.6) is 0 Å². The minimum Gasteiger partial charge on any atom is -0.302 e. The molecule has 0 spiro atoms. The Morgan fingerprint density at radius 1 is 1.35 bits per heavy atom.